The van der Waals surface area contributed by atoms with Crippen molar-refractivity contribution < 1.29 is 0 Å². The quantitative estimate of drug-likeness (QED) is 0.837. The Balaban J connectivity index is 1.89. The zero-order valence-corrected chi connectivity index (χ0v) is 14.5. The van der Waals surface area contributed by atoms with Gasteiger partial charge in [0, 0.05) is 16.9 Å². The van der Waals surface area contributed by atoms with Crippen molar-refractivity contribution in [1.82, 2.24) is 9.55 Å². The predicted octanol–water partition coefficient (Wildman–Crippen LogP) is 4.44. The van der Waals surface area contributed by atoms with Crippen LogP contribution in [0.25, 0.3) is 11.0 Å². The van der Waals surface area contributed by atoms with Crippen molar-refractivity contribution >= 4 is 27.0 Å². The smallest absolute Gasteiger partial charge is 0.110 e. The molecule has 3 nitrogen and oxygen atoms in total. The molecular formula is C17H24BrN3. The van der Waals surface area contributed by atoms with Crippen LogP contribution in [0.1, 0.15) is 51.4 Å². The van der Waals surface area contributed by atoms with Crippen LogP contribution in [0.15, 0.2) is 22.7 Å². The molecule has 0 radical (unpaired) electrons. The summed E-state index contributed by atoms with van der Waals surface area (Å²) in [5.41, 5.74) is 8.42. The van der Waals surface area contributed by atoms with Crippen molar-refractivity contribution in [1.29, 1.82) is 0 Å². The fourth-order valence-corrected chi connectivity index (χ4v) is 3.35. The first kappa shape index (κ1) is 15.0. The summed E-state index contributed by atoms with van der Waals surface area (Å²) in [6.45, 7) is 5.38. The molecule has 2 aromatic rings. The van der Waals surface area contributed by atoms with Crippen LogP contribution in [-0.4, -0.2) is 16.1 Å². The molecule has 0 spiro atoms. The third kappa shape index (κ3) is 3.32. The van der Waals surface area contributed by atoms with Crippen molar-refractivity contribution in [2.45, 2.75) is 52.0 Å². The van der Waals surface area contributed by atoms with E-state index in [9.17, 15) is 0 Å². The molecule has 1 aromatic carbocycles. The summed E-state index contributed by atoms with van der Waals surface area (Å²) >= 11 is 3.55. The van der Waals surface area contributed by atoms with Crippen LogP contribution in [0.4, 0.5) is 0 Å². The van der Waals surface area contributed by atoms with Gasteiger partial charge in [0.2, 0.25) is 0 Å². The normalized spacial score (nSPS) is 15.8. The van der Waals surface area contributed by atoms with Gasteiger partial charge in [-0.1, -0.05) is 29.8 Å². The van der Waals surface area contributed by atoms with Gasteiger partial charge in [0.25, 0.3) is 0 Å². The number of aryl methyl sites for hydroxylation is 1. The van der Waals surface area contributed by atoms with E-state index in [-0.39, 0.29) is 0 Å². The van der Waals surface area contributed by atoms with Crippen LogP contribution in [0.3, 0.4) is 0 Å². The number of fused-ring (bicyclic) bond motifs is 1. The molecule has 114 valence electrons. The van der Waals surface area contributed by atoms with Crippen molar-refractivity contribution in [2.75, 3.05) is 6.54 Å². The number of imidazole rings is 1. The van der Waals surface area contributed by atoms with Crippen LogP contribution >= 0.6 is 15.9 Å². The summed E-state index contributed by atoms with van der Waals surface area (Å²) in [5.74, 6) is 1.25. The standard InChI is InChI=1S/C17H24BrN3/c1-17(2,9-10-19)8-7-16-20-14-11-12(18)3-6-15(14)21(16)13-4-5-13/h3,6,11,13H,4-5,7-10,19H2,1-2H3. The summed E-state index contributed by atoms with van der Waals surface area (Å²) in [6, 6.07) is 7.11. The Morgan fingerprint density at radius 2 is 2.10 bits per heavy atom. The van der Waals surface area contributed by atoms with Gasteiger partial charge >= 0.3 is 0 Å². The van der Waals surface area contributed by atoms with E-state index in [1.165, 1.54) is 24.2 Å². The largest absolute Gasteiger partial charge is 0.330 e. The van der Waals surface area contributed by atoms with Crippen LogP contribution in [-0.2, 0) is 6.42 Å². The maximum atomic E-state index is 5.72. The molecule has 0 aliphatic heterocycles. The molecule has 1 aliphatic carbocycles. The minimum atomic E-state index is 0.294. The number of halogens is 1. The Morgan fingerprint density at radius 3 is 2.76 bits per heavy atom. The lowest BCUT2D eigenvalue weighted by atomic mass is 9.84. The number of nitrogens with zero attached hydrogens (tertiary/aromatic N) is 2. The Kier molecular flexibility index (Phi) is 4.10. The summed E-state index contributed by atoms with van der Waals surface area (Å²) in [7, 11) is 0. The summed E-state index contributed by atoms with van der Waals surface area (Å²) in [6.07, 6.45) is 5.83. The van der Waals surface area contributed by atoms with Crippen LogP contribution in [0.5, 0.6) is 0 Å². The Labute approximate surface area is 135 Å². The molecule has 1 aliphatic rings. The lowest BCUT2D eigenvalue weighted by Gasteiger charge is -2.23. The van der Waals surface area contributed by atoms with E-state index in [0.29, 0.717) is 11.5 Å². The molecule has 1 heterocycles. The third-order valence-electron chi connectivity index (χ3n) is 4.48. The van der Waals surface area contributed by atoms with Gasteiger partial charge in [-0.15, -0.1) is 0 Å². The summed E-state index contributed by atoms with van der Waals surface area (Å²) < 4.78 is 3.57. The van der Waals surface area contributed by atoms with E-state index in [1.807, 2.05) is 0 Å². The fourth-order valence-electron chi connectivity index (χ4n) is 3.00. The van der Waals surface area contributed by atoms with Gasteiger partial charge in [-0.3, -0.25) is 0 Å². The number of aromatic nitrogens is 2. The summed E-state index contributed by atoms with van der Waals surface area (Å²) in [5, 5.41) is 0. The molecular weight excluding hydrogens is 326 g/mol. The van der Waals surface area contributed by atoms with E-state index in [2.05, 4.69) is 52.5 Å². The molecule has 0 bridgehead atoms. The Morgan fingerprint density at radius 1 is 1.33 bits per heavy atom. The highest BCUT2D eigenvalue weighted by atomic mass is 79.9. The first-order chi connectivity index (χ1) is 10.00. The second kappa shape index (κ2) is 5.73. The zero-order chi connectivity index (χ0) is 15.0. The van der Waals surface area contributed by atoms with E-state index < -0.39 is 0 Å². The van der Waals surface area contributed by atoms with E-state index in [1.54, 1.807) is 0 Å². The molecule has 4 heteroatoms. The molecule has 3 rings (SSSR count). The van der Waals surface area contributed by atoms with Crippen molar-refractivity contribution in [3.8, 4) is 0 Å². The molecule has 0 saturated heterocycles. The highest BCUT2D eigenvalue weighted by molar-refractivity contribution is 9.10. The van der Waals surface area contributed by atoms with Gasteiger partial charge in [0.05, 0.1) is 11.0 Å². The molecule has 0 atom stereocenters. The van der Waals surface area contributed by atoms with E-state index >= 15 is 0 Å². The van der Waals surface area contributed by atoms with Crippen molar-refractivity contribution in [2.24, 2.45) is 11.1 Å². The predicted molar refractivity (Wildman–Crippen MR) is 91.5 cm³/mol. The van der Waals surface area contributed by atoms with E-state index in [4.69, 9.17) is 10.7 Å². The molecule has 1 saturated carbocycles. The average Bonchev–Trinajstić information content (AvgIpc) is 3.18. The number of rotatable bonds is 6. The molecule has 21 heavy (non-hydrogen) atoms. The minimum absolute atomic E-state index is 0.294. The van der Waals surface area contributed by atoms with Crippen molar-refractivity contribution in [3.05, 3.63) is 28.5 Å². The highest BCUT2D eigenvalue weighted by Gasteiger charge is 2.28. The highest BCUT2D eigenvalue weighted by Crippen LogP contribution is 2.40. The lowest BCUT2D eigenvalue weighted by Crippen LogP contribution is -2.18. The van der Waals surface area contributed by atoms with Crippen LogP contribution in [0, 0.1) is 5.41 Å². The van der Waals surface area contributed by atoms with Gasteiger partial charge < -0.3 is 10.3 Å². The maximum Gasteiger partial charge on any atom is 0.110 e. The second-order valence-electron chi connectivity index (χ2n) is 6.97. The van der Waals surface area contributed by atoms with Crippen molar-refractivity contribution in [3.63, 3.8) is 0 Å². The zero-order valence-electron chi connectivity index (χ0n) is 12.9. The molecule has 2 N–H and O–H groups in total. The minimum Gasteiger partial charge on any atom is -0.330 e. The van der Waals surface area contributed by atoms with E-state index in [0.717, 1.165) is 35.8 Å². The van der Waals surface area contributed by atoms with Gasteiger partial charge in [0.15, 0.2) is 0 Å². The van der Waals surface area contributed by atoms with Gasteiger partial charge in [-0.2, -0.15) is 0 Å². The maximum absolute atomic E-state index is 5.72. The molecule has 1 fully saturated rings. The molecule has 0 unspecified atom stereocenters. The monoisotopic (exact) mass is 349 g/mol. The van der Waals surface area contributed by atoms with Gasteiger partial charge in [-0.05, 0) is 55.8 Å². The third-order valence-corrected chi connectivity index (χ3v) is 4.98. The van der Waals surface area contributed by atoms with Crippen LogP contribution in [0.2, 0.25) is 0 Å². The number of hydrogen-bond donors (Lipinski definition) is 1. The number of hydrogen-bond acceptors (Lipinski definition) is 2. The topological polar surface area (TPSA) is 43.8 Å². The van der Waals surface area contributed by atoms with Gasteiger partial charge in [-0.25, -0.2) is 4.98 Å². The molecule has 1 aromatic heterocycles. The SMILES string of the molecule is CC(C)(CCN)CCc1nc2cc(Br)ccc2n1C1CC1. The summed E-state index contributed by atoms with van der Waals surface area (Å²) in [4.78, 5) is 4.90. The Bertz CT molecular complexity index is 641. The first-order valence-corrected chi connectivity index (χ1v) is 8.66. The fraction of sp³-hybridized carbons (Fsp3) is 0.588. The average molecular weight is 350 g/mol. The molecule has 0 amide bonds. The second-order valence-corrected chi connectivity index (χ2v) is 7.88. The van der Waals surface area contributed by atoms with Gasteiger partial charge in [0.1, 0.15) is 5.82 Å². The lowest BCUT2D eigenvalue weighted by molar-refractivity contribution is 0.309. The van der Waals surface area contributed by atoms with Crippen LogP contribution < -0.4 is 5.73 Å². The number of benzene rings is 1. The number of nitrogens with two attached hydrogens (primary N) is 1. The Hall–Kier alpha value is -0.870. The first-order valence-electron chi connectivity index (χ1n) is 7.87.